The zero-order chi connectivity index (χ0) is 45.8. The van der Waals surface area contributed by atoms with E-state index in [2.05, 4.69) is 26.0 Å². The van der Waals surface area contributed by atoms with Crippen LogP contribution in [0.1, 0.15) is 290 Å². The van der Waals surface area contributed by atoms with Crippen LogP contribution >= 0.6 is 7.82 Å². The van der Waals surface area contributed by atoms with Crippen LogP contribution in [0, 0.1) is 0 Å². The third-order valence-electron chi connectivity index (χ3n) is 12.4. The topological polar surface area (TPSA) is 117 Å². The molecule has 0 spiro atoms. The average molecular weight is 914 g/mol. The Morgan fingerprint density at radius 2 is 0.794 bits per heavy atom. The fraction of sp³-hybridized carbons (Fsp3) is 0.944. The molecule has 0 rings (SSSR count). The van der Waals surface area contributed by atoms with E-state index in [4.69, 9.17) is 24.3 Å². The highest BCUT2D eigenvalue weighted by atomic mass is 31.2. The van der Waals surface area contributed by atoms with Crippen LogP contribution in [0.4, 0.5) is 0 Å². The van der Waals surface area contributed by atoms with Gasteiger partial charge in [0.2, 0.25) is 0 Å². The van der Waals surface area contributed by atoms with Crippen LogP contribution in [-0.2, 0) is 27.9 Å². The zero-order valence-corrected chi connectivity index (χ0v) is 43.0. The highest BCUT2D eigenvalue weighted by Crippen LogP contribution is 2.43. The summed E-state index contributed by atoms with van der Waals surface area (Å²) in [6.07, 6.45) is 59.7. The predicted molar refractivity (Wildman–Crippen MR) is 271 cm³/mol. The summed E-state index contributed by atoms with van der Waals surface area (Å²) in [6.45, 7) is 5.00. The third kappa shape index (κ3) is 52.1. The van der Waals surface area contributed by atoms with Gasteiger partial charge >= 0.3 is 13.8 Å². The van der Waals surface area contributed by atoms with Gasteiger partial charge in [0.15, 0.2) is 0 Å². The van der Waals surface area contributed by atoms with Crippen molar-refractivity contribution in [3.63, 3.8) is 0 Å². The van der Waals surface area contributed by atoms with Crippen molar-refractivity contribution < 1.29 is 32.8 Å². The molecule has 0 aliphatic carbocycles. The summed E-state index contributed by atoms with van der Waals surface area (Å²) in [5.41, 5.74) is 5.40. The van der Waals surface area contributed by atoms with Crippen molar-refractivity contribution in [1.82, 2.24) is 0 Å². The van der Waals surface area contributed by atoms with Gasteiger partial charge in [0.05, 0.1) is 19.8 Å². The van der Waals surface area contributed by atoms with E-state index in [9.17, 15) is 14.3 Å². The number of esters is 1. The number of rotatable bonds is 54. The second-order valence-electron chi connectivity index (χ2n) is 18.8. The van der Waals surface area contributed by atoms with E-state index in [0.29, 0.717) is 13.0 Å². The maximum absolute atomic E-state index is 12.7. The lowest BCUT2D eigenvalue weighted by Crippen LogP contribution is -2.28. The molecule has 2 unspecified atom stereocenters. The molecule has 0 aliphatic rings. The van der Waals surface area contributed by atoms with Crippen LogP contribution in [0.3, 0.4) is 0 Å². The summed E-state index contributed by atoms with van der Waals surface area (Å²) in [6, 6.07) is 0. The molecule has 9 heteroatoms. The molecule has 8 nitrogen and oxygen atoms in total. The van der Waals surface area contributed by atoms with Crippen LogP contribution in [0.15, 0.2) is 12.2 Å². The maximum Gasteiger partial charge on any atom is 0.472 e. The van der Waals surface area contributed by atoms with Crippen LogP contribution < -0.4 is 5.73 Å². The molecule has 0 amide bonds. The molecule has 2 atom stereocenters. The summed E-state index contributed by atoms with van der Waals surface area (Å²) in [4.78, 5) is 22.6. The highest BCUT2D eigenvalue weighted by Gasteiger charge is 2.25. The van der Waals surface area contributed by atoms with E-state index in [-0.39, 0.29) is 32.3 Å². The van der Waals surface area contributed by atoms with Gasteiger partial charge in [-0.1, -0.05) is 257 Å². The lowest BCUT2D eigenvalue weighted by Gasteiger charge is -2.20. The minimum Gasteiger partial charge on any atom is -0.457 e. The minimum atomic E-state index is -4.28. The van der Waals surface area contributed by atoms with Gasteiger partial charge in [0.25, 0.3) is 0 Å². The molecular weight excluding hydrogens is 806 g/mol. The fourth-order valence-electron chi connectivity index (χ4n) is 8.35. The lowest BCUT2D eigenvalue weighted by molar-refractivity contribution is -0.154. The molecule has 63 heavy (non-hydrogen) atoms. The largest absolute Gasteiger partial charge is 0.472 e. The van der Waals surface area contributed by atoms with Crippen LogP contribution in [-0.4, -0.2) is 49.9 Å². The molecule has 0 aromatic heterocycles. The SMILES string of the molecule is CCCCCCCCCC/C=C\CCCCCCCCCCCCCC(=O)OC(COCCCCCCCCCCCCCCCCCCCCCCC)COP(=O)(O)OCCN. The van der Waals surface area contributed by atoms with Crippen molar-refractivity contribution in [2.45, 2.75) is 296 Å². The monoisotopic (exact) mass is 914 g/mol. The molecule has 0 aromatic carbocycles. The van der Waals surface area contributed by atoms with Gasteiger partial charge in [-0.3, -0.25) is 13.8 Å². The Bertz CT molecular complexity index is 982. The Morgan fingerprint density at radius 3 is 1.16 bits per heavy atom. The van der Waals surface area contributed by atoms with Gasteiger partial charge in [-0.2, -0.15) is 0 Å². The number of ether oxygens (including phenoxy) is 2. The smallest absolute Gasteiger partial charge is 0.457 e. The zero-order valence-electron chi connectivity index (χ0n) is 42.1. The number of phosphoric acid groups is 1. The van der Waals surface area contributed by atoms with Crippen LogP contribution in [0.25, 0.3) is 0 Å². The molecule has 0 heterocycles. The molecular formula is C54H108NO7P. The summed E-state index contributed by atoms with van der Waals surface area (Å²) >= 11 is 0. The summed E-state index contributed by atoms with van der Waals surface area (Å²) < 4.78 is 33.7. The number of carbonyl (C=O) groups is 1. The number of nitrogens with two attached hydrogens (primary N) is 1. The van der Waals surface area contributed by atoms with E-state index in [1.807, 2.05) is 0 Å². The Morgan fingerprint density at radius 1 is 0.460 bits per heavy atom. The molecule has 0 aromatic rings. The first kappa shape index (κ1) is 62.2. The second-order valence-corrected chi connectivity index (χ2v) is 20.3. The van der Waals surface area contributed by atoms with Crippen LogP contribution in [0.2, 0.25) is 0 Å². The van der Waals surface area contributed by atoms with E-state index < -0.39 is 13.9 Å². The van der Waals surface area contributed by atoms with Crippen molar-refractivity contribution in [3.05, 3.63) is 12.2 Å². The van der Waals surface area contributed by atoms with Gasteiger partial charge in [0, 0.05) is 19.6 Å². The standard InChI is InChI=1S/C54H108NO7P/c1-3-5-7-9-11-13-15-17-19-21-23-25-26-27-29-31-33-35-37-39-41-43-45-47-54(56)62-53(52-61-63(57,58)60-50-48-55)51-59-49-46-44-42-40-38-36-34-32-30-28-24-22-20-18-16-14-12-10-8-6-4-2/h21,23,53H,3-20,22,24-52,55H2,1-2H3,(H,57,58)/b23-21-. The van der Waals surface area contributed by atoms with E-state index >= 15 is 0 Å². The Hall–Kier alpha value is -0.760. The Kier molecular flexibility index (Phi) is 51.6. The third-order valence-corrected chi connectivity index (χ3v) is 13.4. The second kappa shape index (κ2) is 52.2. The summed E-state index contributed by atoms with van der Waals surface area (Å²) in [5, 5.41) is 0. The molecule has 0 aliphatic heterocycles. The number of allylic oxidation sites excluding steroid dienone is 2. The molecule has 3 N–H and O–H groups in total. The number of phosphoric ester groups is 1. The Balaban J connectivity index is 3.86. The number of carbonyl (C=O) groups excluding carboxylic acids is 1. The molecule has 0 radical (unpaired) electrons. The van der Waals surface area contributed by atoms with Gasteiger partial charge in [-0.15, -0.1) is 0 Å². The summed E-state index contributed by atoms with van der Waals surface area (Å²) in [5.74, 6) is -0.323. The lowest BCUT2D eigenvalue weighted by atomic mass is 10.0. The highest BCUT2D eigenvalue weighted by molar-refractivity contribution is 7.47. The van der Waals surface area contributed by atoms with Gasteiger partial charge in [-0.05, 0) is 38.5 Å². The number of unbranched alkanes of at least 4 members (excludes halogenated alkanes) is 39. The van der Waals surface area contributed by atoms with Crippen molar-refractivity contribution in [1.29, 1.82) is 0 Å². The molecule has 0 fully saturated rings. The fourth-order valence-corrected chi connectivity index (χ4v) is 9.11. The first-order valence-electron chi connectivity index (χ1n) is 27.7. The van der Waals surface area contributed by atoms with Gasteiger partial charge in [-0.25, -0.2) is 4.57 Å². The first-order chi connectivity index (χ1) is 30.9. The number of hydrogen-bond acceptors (Lipinski definition) is 7. The number of hydrogen-bond donors (Lipinski definition) is 2. The molecule has 0 saturated carbocycles. The van der Waals surface area contributed by atoms with Crippen LogP contribution in [0.5, 0.6) is 0 Å². The average Bonchev–Trinajstić information content (AvgIpc) is 3.28. The molecule has 376 valence electrons. The van der Waals surface area contributed by atoms with Crippen molar-refractivity contribution in [2.24, 2.45) is 5.73 Å². The van der Waals surface area contributed by atoms with Gasteiger partial charge < -0.3 is 20.1 Å². The van der Waals surface area contributed by atoms with Crippen molar-refractivity contribution in [2.75, 3.05) is 33.0 Å². The molecule has 0 bridgehead atoms. The predicted octanol–water partition coefficient (Wildman–Crippen LogP) is 17.4. The quantitative estimate of drug-likeness (QED) is 0.0268. The van der Waals surface area contributed by atoms with E-state index in [1.165, 1.54) is 238 Å². The van der Waals surface area contributed by atoms with Crippen molar-refractivity contribution in [3.8, 4) is 0 Å². The molecule has 0 saturated heterocycles. The first-order valence-corrected chi connectivity index (χ1v) is 29.2. The summed E-state index contributed by atoms with van der Waals surface area (Å²) in [7, 11) is -4.28. The normalized spacial score (nSPS) is 13.3. The maximum atomic E-state index is 12.7. The van der Waals surface area contributed by atoms with Crippen molar-refractivity contribution >= 4 is 13.8 Å². The Labute approximate surface area is 392 Å². The minimum absolute atomic E-state index is 0.0915. The van der Waals surface area contributed by atoms with E-state index in [1.54, 1.807) is 0 Å². The van der Waals surface area contributed by atoms with E-state index in [0.717, 1.165) is 32.1 Å². The van der Waals surface area contributed by atoms with Gasteiger partial charge in [0.1, 0.15) is 6.10 Å².